The van der Waals surface area contributed by atoms with E-state index in [0.29, 0.717) is 11.5 Å². The molecular weight excluding hydrogens is 583 g/mol. The summed E-state index contributed by atoms with van der Waals surface area (Å²) >= 11 is 0. The zero-order chi connectivity index (χ0) is 31.7. The van der Waals surface area contributed by atoms with E-state index in [-0.39, 0.29) is 22.4 Å². The van der Waals surface area contributed by atoms with Crippen LogP contribution in [0.5, 0.6) is 0 Å². The molecule has 2 N–H and O–H groups in total. The fourth-order valence-electron chi connectivity index (χ4n) is 4.90. The highest BCUT2D eigenvalue weighted by atomic mass is 32.2. The van der Waals surface area contributed by atoms with Crippen molar-refractivity contribution in [2.75, 3.05) is 6.61 Å². The number of hydrogen-bond acceptors (Lipinski definition) is 9. The summed E-state index contributed by atoms with van der Waals surface area (Å²) in [7, 11) is -7.88. The van der Waals surface area contributed by atoms with Crippen LogP contribution in [0.2, 0.25) is 36.3 Å². The van der Waals surface area contributed by atoms with E-state index < -0.39 is 62.0 Å². The van der Waals surface area contributed by atoms with Gasteiger partial charge in [0, 0.05) is 18.8 Å². The molecule has 3 heterocycles. The van der Waals surface area contributed by atoms with E-state index in [1.807, 2.05) is 33.9 Å². The molecule has 0 amide bonds. The second kappa shape index (κ2) is 10.6. The van der Waals surface area contributed by atoms with Crippen LogP contribution < -0.4 is 17.0 Å². The van der Waals surface area contributed by atoms with Gasteiger partial charge >= 0.3 is 5.69 Å². The maximum atomic E-state index is 13.5. The molecule has 1 aromatic heterocycles. The lowest BCUT2D eigenvalue weighted by molar-refractivity contribution is -0.0569. The van der Waals surface area contributed by atoms with Crippen LogP contribution in [0.4, 0.5) is 0 Å². The predicted octanol–water partition coefficient (Wildman–Crippen LogP) is 3.70. The van der Waals surface area contributed by atoms with Gasteiger partial charge in [-0.3, -0.25) is 13.9 Å². The summed E-state index contributed by atoms with van der Waals surface area (Å²) in [6.07, 6.45) is -1.91. The van der Waals surface area contributed by atoms with E-state index in [1.54, 1.807) is 6.92 Å². The van der Waals surface area contributed by atoms with Crippen LogP contribution in [-0.4, -0.2) is 58.6 Å². The van der Waals surface area contributed by atoms with Gasteiger partial charge in [0.1, 0.15) is 12.2 Å². The molecule has 14 heteroatoms. The van der Waals surface area contributed by atoms with E-state index in [2.05, 4.69) is 40.8 Å². The number of rotatable bonds is 8. The summed E-state index contributed by atoms with van der Waals surface area (Å²) in [5.41, 5.74) is 3.90. The highest BCUT2D eigenvalue weighted by Crippen LogP contribution is 2.52. The van der Waals surface area contributed by atoms with Crippen LogP contribution in [0.15, 0.2) is 26.9 Å². The zero-order valence-electron chi connectivity index (χ0n) is 26.8. The normalized spacial score (nSPS) is 27.2. The molecule has 0 radical (unpaired) electrons. The van der Waals surface area contributed by atoms with Gasteiger partial charge in [0.25, 0.3) is 15.7 Å². The first-order valence-electron chi connectivity index (χ1n) is 14.0. The maximum Gasteiger partial charge on any atom is 0.332 e. The third-order valence-corrected chi connectivity index (χ3v) is 20.1. The number of aryl methyl sites for hydroxylation is 1. The molecule has 1 spiro atoms. The number of hydrogen-bond donors (Lipinski definition) is 1. The SMILES string of the molecule is Cc1cn([C@@H]2O[C@H](CO[Si](C)(C)C(C)(C)C(C)C)[C@@]3(OS(=O)(=O)C=C3N)[C@H]2O[Si](C)(C)C(C)(C)C)c(=O)n(C)c1=O. The summed E-state index contributed by atoms with van der Waals surface area (Å²) in [5, 5.41) is 0.470. The first-order chi connectivity index (χ1) is 18.3. The smallest absolute Gasteiger partial charge is 0.332 e. The molecule has 0 aromatic carbocycles. The van der Waals surface area contributed by atoms with Crippen molar-refractivity contribution in [1.82, 2.24) is 9.13 Å². The Morgan fingerprint density at radius 2 is 1.66 bits per heavy atom. The average molecular weight is 632 g/mol. The summed E-state index contributed by atoms with van der Waals surface area (Å²) in [4.78, 5) is 26.0. The molecule has 1 fully saturated rings. The van der Waals surface area contributed by atoms with Crippen molar-refractivity contribution < 1.29 is 26.2 Å². The third kappa shape index (κ3) is 5.72. The Morgan fingerprint density at radius 1 is 1.10 bits per heavy atom. The molecule has 3 rings (SSSR count). The Balaban J connectivity index is 2.26. The van der Waals surface area contributed by atoms with E-state index in [0.717, 1.165) is 9.98 Å². The molecule has 0 aliphatic carbocycles. The largest absolute Gasteiger partial charge is 0.414 e. The Bertz CT molecular complexity index is 1440. The number of ether oxygens (including phenoxy) is 1. The Hall–Kier alpha value is -1.56. The van der Waals surface area contributed by atoms with Crippen molar-refractivity contribution >= 4 is 26.8 Å². The number of nitrogens with two attached hydrogens (primary N) is 1. The van der Waals surface area contributed by atoms with Gasteiger partial charge in [0.05, 0.1) is 17.7 Å². The lowest BCUT2D eigenvalue weighted by Crippen LogP contribution is -2.59. The van der Waals surface area contributed by atoms with Crippen molar-refractivity contribution in [3.05, 3.63) is 43.7 Å². The first-order valence-corrected chi connectivity index (χ1v) is 21.3. The fourth-order valence-corrected chi connectivity index (χ4v) is 9.74. The molecule has 234 valence electrons. The quantitative estimate of drug-likeness (QED) is 0.336. The van der Waals surface area contributed by atoms with Crippen LogP contribution in [-0.2, 0) is 34.9 Å². The highest BCUT2D eigenvalue weighted by molar-refractivity contribution is 7.90. The summed E-state index contributed by atoms with van der Waals surface area (Å²) in [5.74, 6) is 0.324. The number of nitrogens with zero attached hydrogens (tertiary/aromatic N) is 2. The third-order valence-electron chi connectivity index (χ3n) is 10.0. The Kier molecular flexibility index (Phi) is 8.74. The highest BCUT2D eigenvalue weighted by Gasteiger charge is 2.67. The van der Waals surface area contributed by atoms with Gasteiger partial charge in [0.15, 0.2) is 28.5 Å². The minimum atomic E-state index is -4.20. The minimum Gasteiger partial charge on any atom is -0.414 e. The van der Waals surface area contributed by atoms with Crippen molar-refractivity contribution in [1.29, 1.82) is 0 Å². The second-order valence-electron chi connectivity index (χ2n) is 14.3. The molecule has 2 aliphatic rings. The number of aromatic nitrogens is 2. The lowest BCUT2D eigenvalue weighted by Gasteiger charge is -2.45. The van der Waals surface area contributed by atoms with Gasteiger partial charge in [0.2, 0.25) is 0 Å². The molecule has 0 saturated carbocycles. The van der Waals surface area contributed by atoms with Crippen molar-refractivity contribution in [3.8, 4) is 0 Å². The lowest BCUT2D eigenvalue weighted by atomic mass is 9.89. The van der Waals surface area contributed by atoms with Gasteiger partial charge in [-0.15, -0.1) is 0 Å². The van der Waals surface area contributed by atoms with Crippen LogP contribution in [0.25, 0.3) is 0 Å². The van der Waals surface area contributed by atoms with Gasteiger partial charge < -0.3 is 19.3 Å². The van der Waals surface area contributed by atoms with E-state index in [1.165, 1.54) is 17.8 Å². The van der Waals surface area contributed by atoms with Crippen molar-refractivity contribution in [2.24, 2.45) is 18.7 Å². The van der Waals surface area contributed by atoms with Crippen molar-refractivity contribution in [3.63, 3.8) is 0 Å². The molecule has 0 bridgehead atoms. The second-order valence-corrected chi connectivity index (χ2v) is 25.1. The molecule has 4 atom stereocenters. The van der Waals surface area contributed by atoms with E-state index in [9.17, 15) is 18.0 Å². The topological polar surface area (TPSA) is 141 Å². The van der Waals surface area contributed by atoms with E-state index >= 15 is 0 Å². The first kappa shape index (κ1) is 33.9. The Labute approximate surface area is 246 Å². The van der Waals surface area contributed by atoms with Gasteiger partial charge in [-0.1, -0.05) is 48.5 Å². The molecule has 11 nitrogen and oxygen atoms in total. The fraction of sp³-hybridized carbons (Fsp3) is 0.778. The summed E-state index contributed by atoms with van der Waals surface area (Å²) in [6.45, 7) is 24.6. The molecular formula is C27H49N3O8SSi2. The van der Waals surface area contributed by atoms with E-state index in [4.69, 9.17) is 23.5 Å². The molecule has 41 heavy (non-hydrogen) atoms. The standard InChI is InChI=1S/C27H49N3O8SSi2/c1-17(2)26(7,8)41(12,13)35-15-20-27(19(28)16-39(33,34)38-27)21(37-40(10,11)25(4,5)6)23(36-20)30-14-18(3)22(31)29(9)24(30)32/h14,16-17,20-21,23H,15,28H2,1-13H3/t20-,21+,23-,27-/m1/s1. The molecule has 2 aliphatic heterocycles. The van der Waals surface area contributed by atoms with Gasteiger partial charge in [-0.2, -0.15) is 8.42 Å². The monoisotopic (exact) mass is 631 g/mol. The summed E-state index contributed by atoms with van der Waals surface area (Å²) in [6, 6.07) is 0. The van der Waals surface area contributed by atoms with Gasteiger partial charge in [-0.05, 0) is 49.1 Å². The maximum absolute atomic E-state index is 13.5. The summed E-state index contributed by atoms with van der Waals surface area (Å²) < 4.78 is 54.1. The molecule has 1 aromatic rings. The molecule has 1 saturated heterocycles. The van der Waals surface area contributed by atoms with Crippen LogP contribution in [0, 0.1) is 12.8 Å². The zero-order valence-corrected chi connectivity index (χ0v) is 29.6. The Morgan fingerprint density at radius 3 is 2.12 bits per heavy atom. The van der Waals surface area contributed by atoms with Gasteiger partial charge in [-0.25, -0.2) is 8.98 Å². The van der Waals surface area contributed by atoms with Crippen LogP contribution >= 0.6 is 0 Å². The van der Waals surface area contributed by atoms with Crippen LogP contribution in [0.3, 0.4) is 0 Å². The van der Waals surface area contributed by atoms with Crippen molar-refractivity contribution in [2.45, 2.75) is 116 Å². The average Bonchev–Trinajstić information content (AvgIpc) is 3.24. The van der Waals surface area contributed by atoms with Crippen LogP contribution in [0.1, 0.15) is 60.3 Å². The molecule has 0 unspecified atom stereocenters. The minimum absolute atomic E-state index is 0.0349. The predicted molar refractivity (Wildman–Crippen MR) is 164 cm³/mol.